The minimum atomic E-state index is -0.197. The zero-order chi connectivity index (χ0) is 25.7. The summed E-state index contributed by atoms with van der Waals surface area (Å²) in [7, 11) is 3.25. The Morgan fingerprint density at radius 1 is 1.06 bits per heavy atom. The lowest BCUT2D eigenvalue weighted by molar-refractivity contribution is -0.116. The summed E-state index contributed by atoms with van der Waals surface area (Å²) in [4.78, 5) is 12.8. The molecule has 0 aliphatic carbocycles. The van der Waals surface area contributed by atoms with Gasteiger partial charge in [0.25, 0.3) is 0 Å². The predicted molar refractivity (Wildman–Crippen MR) is 143 cm³/mol. The highest BCUT2D eigenvalue weighted by Gasteiger charge is 2.19. The summed E-state index contributed by atoms with van der Waals surface area (Å²) in [5, 5.41) is 3.90. The standard InChI is InChI=1S/C30H31NO5/c1-6-35-23-13-11-21(12-14-23)26-18-36-30-20(3)29(34-5)24(16-25(26)30)19(2)15-28(32)31-17-22-9-7-8-10-27(22)33-4/h7-16,18H,6,17H2,1-5H3,(H,31,32)/b19-15+. The number of allylic oxidation sites excluding steroid dienone is 1. The Morgan fingerprint density at radius 3 is 2.50 bits per heavy atom. The molecule has 1 aromatic heterocycles. The number of fused-ring (bicyclic) bond motifs is 1. The van der Waals surface area contributed by atoms with Crippen LogP contribution in [0.25, 0.3) is 27.7 Å². The first kappa shape index (κ1) is 24.9. The molecule has 0 aliphatic heterocycles. The minimum Gasteiger partial charge on any atom is -0.496 e. The number of hydrogen-bond acceptors (Lipinski definition) is 5. The van der Waals surface area contributed by atoms with E-state index in [-0.39, 0.29) is 5.91 Å². The van der Waals surface area contributed by atoms with E-state index in [0.29, 0.717) is 18.9 Å². The average molecular weight is 486 g/mol. The fourth-order valence-corrected chi connectivity index (χ4v) is 4.35. The Morgan fingerprint density at radius 2 is 1.81 bits per heavy atom. The molecule has 4 rings (SSSR count). The summed E-state index contributed by atoms with van der Waals surface area (Å²) in [6.07, 6.45) is 3.35. The molecule has 0 aliphatic rings. The summed E-state index contributed by atoms with van der Waals surface area (Å²) in [6, 6.07) is 17.6. The molecule has 4 aromatic rings. The molecule has 3 aromatic carbocycles. The number of nitrogens with one attached hydrogen (secondary N) is 1. The van der Waals surface area contributed by atoms with Crippen molar-refractivity contribution in [2.24, 2.45) is 0 Å². The number of amides is 1. The van der Waals surface area contributed by atoms with Gasteiger partial charge in [-0.2, -0.15) is 0 Å². The third-order valence-corrected chi connectivity index (χ3v) is 6.14. The van der Waals surface area contributed by atoms with Crippen LogP contribution in [0.15, 0.2) is 71.4 Å². The molecule has 6 heteroatoms. The van der Waals surface area contributed by atoms with Gasteiger partial charge >= 0.3 is 0 Å². The number of furan rings is 1. The Labute approximate surface area is 211 Å². The Hall–Kier alpha value is -4.19. The van der Waals surface area contributed by atoms with Gasteiger partial charge in [-0.3, -0.25) is 4.79 Å². The molecule has 36 heavy (non-hydrogen) atoms. The summed E-state index contributed by atoms with van der Waals surface area (Å²) >= 11 is 0. The second kappa shape index (κ2) is 11.0. The van der Waals surface area contributed by atoms with Crippen molar-refractivity contribution in [1.82, 2.24) is 5.32 Å². The van der Waals surface area contributed by atoms with Crippen LogP contribution in [0, 0.1) is 6.92 Å². The quantitative estimate of drug-likeness (QED) is 0.273. The third-order valence-electron chi connectivity index (χ3n) is 6.14. The molecule has 0 saturated carbocycles. The zero-order valence-electron chi connectivity index (χ0n) is 21.3. The average Bonchev–Trinajstić information content (AvgIpc) is 3.32. The summed E-state index contributed by atoms with van der Waals surface area (Å²) in [5.74, 6) is 2.05. The van der Waals surface area contributed by atoms with E-state index in [1.165, 1.54) is 0 Å². The number of ether oxygens (including phenoxy) is 3. The molecule has 1 heterocycles. The van der Waals surface area contributed by atoms with Gasteiger partial charge in [-0.25, -0.2) is 0 Å². The van der Waals surface area contributed by atoms with Crippen LogP contribution < -0.4 is 19.5 Å². The van der Waals surface area contributed by atoms with Crippen molar-refractivity contribution in [3.8, 4) is 28.4 Å². The van der Waals surface area contributed by atoms with E-state index >= 15 is 0 Å². The highest BCUT2D eigenvalue weighted by atomic mass is 16.5. The van der Waals surface area contributed by atoms with Crippen molar-refractivity contribution in [3.63, 3.8) is 0 Å². The van der Waals surface area contributed by atoms with Crippen molar-refractivity contribution in [2.75, 3.05) is 20.8 Å². The molecular weight excluding hydrogens is 454 g/mol. The molecule has 0 unspecified atom stereocenters. The molecule has 1 amide bonds. The molecule has 0 fully saturated rings. The van der Waals surface area contributed by atoms with E-state index in [4.69, 9.17) is 18.6 Å². The molecular formula is C30H31NO5. The van der Waals surface area contributed by atoms with Gasteiger partial charge in [0.05, 0.1) is 27.1 Å². The fourth-order valence-electron chi connectivity index (χ4n) is 4.35. The van der Waals surface area contributed by atoms with Crippen LogP contribution in [0.4, 0.5) is 0 Å². The summed E-state index contributed by atoms with van der Waals surface area (Å²) < 4.78 is 22.6. The molecule has 6 nitrogen and oxygen atoms in total. The number of methoxy groups -OCH3 is 2. The number of benzene rings is 3. The van der Waals surface area contributed by atoms with Crippen LogP contribution in [0.5, 0.6) is 17.2 Å². The first-order valence-electron chi connectivity index (χ1n) is 11.9. The zero-order valence-corrected chi connectivity index (χ0v) is 21.3. The maximum atomic E-state index is 12.8. The van der Waals surface area contributed by atoms with E-state index < -0.39 is 0 Å². The van der Waals surface area contributed by atoms with Gasteiger partial charge in [0, 0.05) is 40.3 Å². The second-order valence-corrected chi connectivity index (χ2v) is 8.42. The summed E-state index contributed by atoms with van der Waals surface area (Å²) in [6.45, 7) is 6.82. The number of hydrogen-bond donors (Lipinski definition) is 1. The van der Waals surface area contributed by atoms with E-state index in [0.717, 1.165) is 55.9 Å². The molecule has 186 valence electrons. The highest BCUT2D eigenvalue weighted by Crippen LogP contribution is 2.40. The normalized spacial score (nSPS) is 11.4. The molecule has 0 spiro atoms. The highest BCUT2D eigenvalue weighted by molar-refractivity contribution is 6.01. The minimum absolute atomic E-state index is 0.197. The van der Waals surface area contributed by atoms with Gasteiger partial charge in [-0.15, -0.1) is 0 Å². The van der Waals surface area contributed by atoms with E-state index in [1.807, 2.05) is 75.4 Å². The molecule has 0 atom stereocenters. The second-order valence-electron chi connectivity index (χ2n) is 8.42. The fraction of sp³-hybridized carbons (Fsp3) is 0.233. The van der Waals surface area contributed by atoms with E-state index in [2.05, 4.69) is 5.32 Å². The van der Waals surface area contributed by atoms with Gasteiger partial charge in [0.15, 0.2) is 0 Å². The van der Waals surface area contributed by atoms with Crippen molar-refractivity contribution >= 4 is 22.4 Å². The van der Waals surface area contributed by atoms with Crippen LogP contribution >= 0.6 is 0 Å². The van der Waals surface area contributed by atoms with Crippen LogP contribution in [0.1, 0.15) is 30.5 Å². The van der Waals surface area contributed by atoms with Gasteiger partial charge in [-0.05, 0) is 56.2 Å². The molecule has 1 N–H and O–H groups in total. The van der Waals surface area contributed by atoms with Crippen molar-refractivity contribution in [1.29, 1.82) is 0 Å². The maximum absolute atomic E-state index is 12.8. The van der Waals surface area contributed by atoms with Gasteiger partial charge < -0.3 is 23.9 Å². The SMILES string of the molecule is CCOc1ccc(-c2coc3c(C)c(OC)c(/C(C)=C/C(=O)NCc4ccccc4OC)cc23)cc1. The van der Waals surface area contributed by atoms with Crippen LogP contribution in [-0.2, 0) is 11.3 Å². The lowest BCUT2D eigenvalue weighted by Crippen LogP contribution is -2.21. The first-order chi connectivity index (χ1) is 17.5. The summed E-state index contributed by atoms with van der Waals surface area (Å²) in [5.41, 5.74) is 6.15. The molecule has 0 radical (unpaired) electrons. The van der Waals surface area contributed by atoms with Crippen molar-refractivity contribution in [2.45, 2.75) is 27.3 Å². The number of para-hydroxylation sites is 1. The molecule has 0 saturated heterocycles. The van der Waals surface area contributed by atoms with Crippen LogP contribution in [0.2, 0.25) is 0 Å². The van der Waals surface area contributed by atoms with Crippen molar-refractivity contribution < 1.29 is 23.4 Å². The lowest BCUT2D eigenvalue weighted by Gasteiger charge is -2.14. The largest absolute Gasteiger partial charge is 0.496 e. The van der Waals surface area contributed by atoms with Crippen molar-refractivity contribution in [3.05, 3.63) is 83.6 Å². The van der Waals surface area contributed by atoms with Gasteiger partial charge in [-0.1, -0.05) is 30.3 Å². The van der Waals surface area contributed by atoms with E-state index in [1.54, 1.807) is 26.6 Å². The molecule has 0 bridgehead atoms. The lowest BCUT2D eigenvalue weighted by atomic mass is 9.96. The number of carbonyl (C=O) groups excluding carboxylic acids is 1. The number of aryl methyl sites for hydroxylation is 1. The maximum Gasteiger partial charge on any atom is 0.244 e. The smallest absolute Gasteiger partial charge is 0.244 e. The van der Waals surface area contributed by atoms with E-state index in [9.17, 15) is 4.79 Å². The van der Waals surface area contributed by atoms with Crippen LogP contribution in [-0.4, -0.2) is 26.7 Å². The Bertz CT molecular complexity index is 1400. The number of carbonyl (C=O) groups is 1. The first-order valence-corrected chi connectivity index (χ1v) is 11.9. The van der Waals surface area contributed by atoms with Crippen LogP contribution in [0.3, 0.4) is 0 Å². The topological polar surface area (TPSA) is 69.9 Å². The van der Waals surface area contributed by atoms with Gasteiger partial charge in [0.1, 0.15) is 22.8 Å². The monoisotopic (exact) mass is 485 g/mol. The Kier molecular flexibility index (Phi) is 7.64. The third kappa shape index (κ3) is 5.08. The Balaban J connectivity index is 1.66. The van der Waals surface area contributed by atoms with Gasteiger partial charge in [0.2, 0.25) is 5.91 Å². The number of rotatable bonds is 9. The predicted octanol–water partition coefficient (Wildman–Crippen LogP) is 6.54.